The molecule has 26 heavy (non-hydrogen) atoms. The highest BCUT2D eigenvalue weighted by Crippen LogP contribution is 2.13. The first kappa shape index (κ1) is 18.9. The van der Waals surface area contributed by atoms with E-state index in [0.29, 0.717) is 5.56 Å². The van der Waals surface area contributed by atoms with E-state index in [9.17, 15) is 18.8 Å². The van der Waals surface area contributed by atoms with Crippen molar-refractivity contribution in [3.05, 3.63) is 65.5 Å². The van der Waals surface area contributed by atoms with Crippen LogP contribution in [0.25, 0.3) is 0 Å². The van der Waals surface area contributed by atoms with Gasteiger partial charge in [-0.2, -0.15) is 0 Å². The van der Waals surface area contributed by atoms with E-state index in [1.807, 2.05) is 0 Å². The standard InChI is InChI=1S/C18H17FN2O5/c19-13-6-4-11(5-7-13)8-15(18(21)24)26-16(22)10-25-14-3-1-2-12(9-14)17(20)23/h1-7,9,15H,8,10H2,(H2,20,23)(H2,21,24). The smallest absolute Gasteiger partial charge is 0.344 e. The molecule has 8 heteroatoms. The summed E-state index contributed by atoms with van der Waals surface area (Å²) in [5, 5.41) is 0. The highest BCUT2D eigenvalue weighted by atomic mass is 19.1. The zero-order valence-corrected chi connectivity index (χ0v) is 13.7. The van der Waals surface area contributed by atoms with Gasteiger partial charge in [-0.15, -0.1) is 0 Å². The van der Waals surface area contributed by atoms with Crippen molar-refractivity contribution >= 4 is 17.8 Å². The van der Waals surface area contributed by atoms with Crippen molar-refractivity contribution < 1.29 is 28.2 Å². The molecule has 2 amide bonds. The Labute approximate surface area is 148 Å². The Morgan fingerprint density at radius 1 is 1.04 bits per heavy atom. The number of ether oxygens (including phenoxy) is 2. The monoisotopic (exact) mass is 360 g/mol. The van der Waals surface area contributed by atoms with Crippen molar-refractivity contribution in [2.75, 3.05) is 6.61 Å². The van der Waals surface area contributed by atoms with Gasteiger partial charge in [0.25, 0.3) is 5.91 Å². The van der Waals surface area contributed by atoms with Crippen molar-refractivity contribution in [3.8, 4) is 5.75 Å². The Balaban J connectivity index is 1.93. The number of hydrogen-bond acceptors (Lipinski definition) is 5. The molecule has 1 unspecified atom stereocenters. The lowest BCUT2D eigenvalue weighted by Crippen LogP contribution is -2.36. The summed E-state index contributed by atoms with van der Waals surface area (Å²) < 4.78 is 23.2. The Hall–Kier alpha value is -3.42. The fourth-order valence-electron chi connectivity index (χ4n) is 2.11. The van der Waals surface area contributed by atoms with Gasteiger partial charge in [-0.3, -0.25) is 9.59 Å². The maximum absolute atomic E-state index is 12.9. The number of carbonyl (C=O) groups excluding carboxylic acids is 3. The summed E-state index contributed by atoms with van der Waals surface area (Å²) in [5.41, 5.74) is 11.2. The number of amides is 2. The van der Waals surface area contributed by atoms with Crippen molar-refractivity contribution in [2.45, 2.75) is 12.5 Å². The third-order valence-corrected chi connectivity index (χ3v) is 3.40. The fraction of sp³-hybridized carbons (Fsp3) is 0.167. The number of nitrogens with two attached hydrogens (primary N) is 2. The summed E-state index contributed by atoms with van der Waals surface area (Å²) in [6, 6.07) is 11.3. The number of esters is 1. The molecule has 1 atom stereocenters. The second-order valence-corrected chi connectivity index (χ2v) is 5.39. The maximum Gasteiger partial charge on any atom is 0.344 e. The van der Waals surface area contributed by atoms with Gasteiger partial charge < -0.3 is 20.9 Å². The number of benzene rings is 2. The van der Waals surface area contributed by atoms with Gasteiger partial charge in [0, 0.05) is 12.0 Å². The molecule has 0 aliphatic heterocycles. The number of carbonyl (C=O) groups is 3. The van der Waals surface area contributed by atoms with E-state index >= 15 is 0 Å². The molecule has 0 spiro atoms. The minimum absolute atomic E-state index is 0.0124. The van der Waals surface area contributed by atoms with Gasteiger partial charge in [0.15, 0.2) is 12.7 Å². The van der Waals surface area contributed by atoms with Gasteiger partial charge in [-0.25, -0.2) is 9.18 Å². The predicted octanol–water partition coefficient (Wildman–Crippen LogP) is 0.943. The van der Waals surface area contributed by atoms with E-state index in [1.54, 1.807) is 6.07 Å². The topological polar surface area (TPSA) is 122 Å². The van der Waals surface area contributed by atoms with E-state index < -0.39 is 36.3 Å². The Bertz CT molecular complexity index is 807. The zero-order chi connectivity index (χ0) is 19.1. The van der Waals surface area contributed by atoms with Crippen LogP contribution >= 0.6 is 0 Å². The number of rotatable bonds is 8. The van der Waals surface area contributed by atoms with Crippen LogP contribution in [0.2, 0.25) is 0 Å². The van der Waals surface area contributed by atoms with Crippen LogP contribution in [-0.4, -0.2) is 30.5 Å². The van der Waals surface area contributed by atoms with Crippen LogP contribution in [-0.2, 0) is 20.7 Å². The number of halogens is 1. The lowest BCUT2D eigenvalue weighted by atomic mass is 10.1. The van der Waals surface area contributed by atoms with Crippen LogP contribution in [0, 0.1) is 5.82 Å². The van der Waals surface area contributed by atoms with E-state index in [2.05, 4.69) is 0 Å². The second-order valence-electron chi connectivity index (χ2n) is 5.39. The molecule has 0 aliphatic carbocycles. The van der Waals surface area contributed by atoms with Crippen LogP contribution in [0.4, 0.5) is 4.39 Å². The quantitative estimate of drug-likeness (QED) is 0.679. The van der Waals surface area contributed by atoms with Gasteiger partial charge in [0.05, 0.1) is 0 Å². The van der Waals surface area contributed by atoms with Crippen LogP contribution in [0.5, 0.6) is 5.75 Å². The molecule has 2 rings (SSSR count). The van der Waals surface area contributed by atoms with Crippen LogP contribution in [0.15, 0.2) is 48.5 Å². The molecule has 0 radical (unpaired) electrons. The molecular weight excluding hydrogens is 343 g/mol. The molecule has 136 valence electrons. The minimum atomic E-state index is -1.21. The van der Waals surface area contributed by atoms with Crippen LogP contribution in [0.3, 0.4) is 0 Å². The largest absolute Gasteiger partial charge is 0.482 e. The first-order valence-corrected chi connectivity index (χ1v) is 7.61. The molecule has 0 saturated carbocycles. The second kappa shape index (κ2) is 8.61. The third-order valence-electron chi connectivity index (χ3n) is 3.40. The van der Waals surface area contributed by atoms with Crippen molar-refractivity contribution in [1.29, 1.82) is 0 Å². The van der Waals surface area contributed by atoms with Crippen LogP contribution < -0.4 is 16.2 Å². The Kier molecular flexibility index (Phi) is 6.26. The summed E-state index contributed by atoms with van der Waals surface area (Å²) in [6.07, 6.45) is -1.20. The minimum Gasteiger partial charge on any atom is -0.482 e. The zero-order valence-electron chi connectivity index (χ0n) is 13.7. The van der Waals surface area contributed by atoms with E-state index in [1.165, 1.54) is 42.5 Å². The third kappa shape index (κ3) is 5.59. The van der Waals surface area contributed by atoms with Crippen molar-refractivity contribution in [3.63, 3.8) is 0 Å². The van der Waals surface area contributed by atoms with Gasteiger partial charge in [0.2, 0.25) is 5.91 Å². The van der Waals surface area contributed by atoms with Crippen molar-refractivity contribution in [1.82, 2.24) is 0 Å². The first-order valence-electron chi connectivity index (χ1n) is 7.61. The molecular formula is C18H17FN2O5. The van der Waals surface area contributed by atoms with Gasteiger partial charge in [-0.05, 0) is 35.9 Å². The summed E-state index contributed by atoms with van der Waals surface area (Å²) in [5.74, 6) is -2.47. The maximum atomic E-state index is 12.9. The Morgan fingerprint density at radius 3 is 2.35 bits per heavy atom. The molecule has 0 aromatic heterocycles. The molecule has 0 bridgehead atoms. The summed E-state index contributed by atoms with van der Waals surface area (Å²) in [7, 11) is 0. The normalized spacial score (nSPS) is 11.4. The van der Waals surface area contributed by atoms with Crippen LogP contribution in [0.1, 0.15) is 15.9 Å². The fourth-order valence-corrected chi connectivity index (χ4v) is 2.11. The average molecular weight is 360 g/mol. The summed E-state index contributed by atoms with van der Waals surface area (Å²) in [4.78, 5) is 34.5. The predicted molar refractivity (Wildman–Crippen MR) is 89.6 cm³/mol. The SMILES string of the molecule is NC(=O)c1cccc(OCC(=O)OC(Cc2ccc(F)cc2)C(N)=O)c1. The number of hydrogen-bond donors (Lipinski definition) is 2. The molecule has 2 aromatic carbocycles. The van der Waals surface area contributed by atoms with Gasteiger partial charge in [0.1, 0.15) is 11.6 Å². The molecule has 0 saturated heterocycles. The molecule has 0 aliphatic rings. The molecule has 0 fully saturated rings. The average Bonchev–Trinajstić information content (AvgIpc) is 2.61. The van der Waals surface area contributed by atoms with E-state index in [4.69, 9.17) is 20.9 Å². The first-order chi connectivity index (χ1) is 12.3. The van der Waals surface area contributed by atoms with E-state index in [0.717, 1.165) is 0 Å². The summed E-state index contributed by atoms with van der Waals surface area (Å²) >= 11 is 0. The number of primary amides is 2. The highest BCUT2D eigenvalue weighted by molar-refractivity contribution is 5.93. The van der Waals surface area contributed by atoms with Gasteiger partial charge >= 0.3 is 5.97 Å². The summed E-state index contributed by atoms with van der Waals surface area (Å²) in [6.45, 7) is -0.491. The molecule has 7 nitrogen and oxygen atoms in total. The highest BCUT2D eigenvalue weighted by Gasteiger charge is 2.21. The molecule has 4 N–H and O–H groups in total. The lowest BCUT2D eigenvalue weighted by molar-refractivity contribution is -0.156. The Morgan fingerprint density at radius 2 is 1.73 bits per heavy atom. The molecule has 2 aromatic rings. The van der Waals surface area contributed by atoms with Gasteiger partial charge in [-0.1, -0.05) is 18.2 Å². The van der Waals surface area contributed by atoms with Crippen molar-refractivity contribution in [2.24, 2.45) is 11.5 Å². The lowest BCUT2D eigenvalue weighted by Gasteiger charge is -2.15. The van der Waals surface area contributed by atoms with E-state index in [-0.39, 0.29) is 17.7 Å². The molecule has 0 heterocycles.